The summed E-state index contributed by atoms with van der Waals surface area (Å²) < 4.78 is 0. The van der Waals surface area contributed by atoms with Crippen molar-refractivity contribution in [3.8, 4) is 6.07 Å². The van der Waals surface area contributed by atoms with E-state index in [4.69, 9.17) is 0 Å². The second-order valence-electron chi connectivity index (χ2n) is 6.09. The van der Waals surface area contributed by atoms with E-state index < -0.39 is 5.41 Å². The Kier molecular flexibility index (Phi) is 5.19. The van der Waals surface area contributed by atoms with Crippen molar-refractivity contribution in [1.29, 1.82) is 5.26 Å². The first-order valence-corrected chi connectivity index (χ1v) is 7.17. The number of carbonyl (C=O) groups excluding carboxylic acids is 1. The standard InChI is InChI=1S/C15H26N2O/c1-5-15(4,11-16)14(18)17(10-12(2)3)13-8-6-7-9-13/h12-13H,5-10H2,1-4H3. The number of hydrogen-bond acceptors (Lipinski definition) is 2. The molecule has 0 N–H and O–H groups in total. The molecule has 0 heterocycles. The summed E-state index contributed by atoms with van der Waals surface area (Å²) in [5.74, 6) is 0.488. The van der Waals surface area contributed by atoms with E-state index >= 15 is 0 Å². The number of rotatable bonds is 5. The van der Waals surface area contributed by atoms with Gasteiger partial charge < -0.3 is 4.90 Å². The molecular formula is C15H26N2O. The van der Waals surface area contributed by atoms with E-state index in [0.717, 1.165) is 19.4 Å². The molecule has 0 aliphatic heterocycles. The molecule has 0 spiro atoms. The molecule has 1 rings (SSSR count). The molecule has 3 heteroatoms. The summed E-state index contributed by atoms with van der Waals surface area (Å²) >= 11 is 0. The number of hydrogen-bond donors (Lipinski definition) is 0. The smallest absolute Gasteiger partial charge is 0.243 e. The molecule has 1 aliphatic rings. The Bertz CT molecular complexity index is 326. The Labute approximate surface area is 111 Å². The van der Waals surface area contributed by atoms with Gasteiger partial charge in [0.15, 0.2) is 0 Å². The van der Waals surface area contributed by atoms with E-state index in [1.54, 1.807) is 6.92 Å². The summed E-state index contributed by atoms with van der Waals surface area (Å²) in [5.41, 5.74) is -0.850. The predicted molar refractivity (Wildman–Crippen MR) is 72.8 cm³/mol. The fourth-order valence-corrected chi connectivity index (χ4v) is 2.60. The van der Waals surface area contributed by atoms with Crippen LogP contribution in [0, 0.1) is 22.7 Å². The van der Waals surface area contributed by atoms with Crippen LogP contribution in [0.4, 0.5) is 0 Å². The highest BCUT2D eigenvalue weighted by atomic mass is 16.2. The molecule has 0 radical (unpaired) electrons. The summed E-state index contributed by atoms with van der Waals surface area (Å²) in [6.45, 7) is 8.73. The van der Waals surface area contributed by atoms with Crippen molar-refractivity contribution < 1.29 is 4.79 Å². The van der Waals surface area contributed by atoms with Crippen molar-refractivity contribution in [1.82, 2.24) is 4.90 Å². The number of nitriles is 1. The SMILES string of the molecule is CCC(C)(C#N)C(=O)N(CC(C)C)C1CCCC1. The molecule has 3 nitrogen and oxygen atoms in total. The van der Waals surface area contributed by atoms with Gasteiger partial charge in [-0.05, 0) is 32.1 Å². The van der Waals surface area contributed by atoms with Crippen LogP contribution >= 0.6 is 0 Å². The molecule has 1 aliphatic carbocycles. The van der Waals surface area contributed by atoms with Crippen molar-refractivity contribution in [3.63, 3.8) is 0 Å². The molecule has 102 valence electrons. The molecule has 0 aromatic heterocycles. The molecule has 0 aromatic carbocycles. The van der Waals surface area contributed by atoms with Gasteiger partial charge in [-0.15, -0.1) is 0 Å². The Morgan fingerprint density at radius 3 is 2.39 bits per heavy atom. The van der Waals surface area contributed by atoms with Crippen LogP contribution < -0.4 is 0 Å². The largest absolute Gasteiger partial charge is 0.338 e. The molecule has 1 saturated carbocycles. The van der Waals surface area contributed by atoms with Gasteiger partial charge in [0, 0.05) is 12.6 Å². The molecule has 1 atom stereocenters. The Hall–Kier alpha value is -1.04. The summed E-state index contributed by atoms with van der Waals surface area (Å²) in [7, 11) is 0. The molecule has 1 fully saturated rings. The van der Waals surface area contributed by atoms with E-state index in [-0.39, 0.29) is 5.91 Å². The third-order valence-electron chi connectivity index (χ3n) is 4.01. The van der Waals surface area contributed by atoms with E-state index in [0.29, 0.717) is 18.4 Å². The van der Waals surface area contributed by atoms with Gasteiger partial charge in [-0.3, -0.25) is 4.79 Å². The second kappa shape index (κ2) is 6.22. The highest BCUT2D eigenvalue weighted by molar-refractivity contribution is 5.85. The zero-order valence-corrected chi connectivity index (χ0v) is 12.2. The molecule has 18 heavy (non-hydrogen) atoms. The average Bonchev–Trinajstić information content (AvgIpc) is 2.87. The number of carbonyl (C=O) groups is 1. The third-order valence-corrected chi connectivity index (χ3v) is 4.01. The first-order chi connectivity index (χ1) is 8.44. The van der Waals surface area contributed by atoms with Gasteiger partial charge in [-0.25, -0.2) is 0 Å². The molecule has 0 aromatic rings. The topological polar surface area (TPSA) is 44.1 Å². The van der Waals surface area contributed by atoms with Gasteiger partial charge in [0.1, 0.15) is 5.41 Å². The van der Waals surface area contributed by atoms with Crippen molar-refractivity contribution in [2.24, 2.45) is 11.3 Å². The van der Waals surface area contributed by atoms with Gasteiger partial charge >= 0.3 is 0 Å². The van der Waals surface area contributed by atoms with Crippen LogP contribution in [-0.2, 0) is 4.79 Å². The van der Waals surface area contributed by atoms with Gasteiger partial charge in [-0.2, -0.15) is 5.26 Å². The lowest BCUT2D eigenvalue weighted by molar-refractivity contribution is -0.141. The zero-order chi connectivity index (χ0) is 13.8. The summed E-state index contributed by atoms with van der Waals surface area (Å²) in [6.07, 6.45) is 5.21. The van der Waals surface area contributed by atoms with Crippen molar-refractivity contribution in [2.45, 2.75) is 65.8 Å². The lowest BCUT2D eigenvalue weighted by atomic mass is 9.86. The average molecular weight is 250 g/mol. The molecular weight excluding hydrogens is 224 g/mol. The lowest BCUT2D eigenvalue weighted by Crippen LogP contribution is -2.47. The third kappa shape index (κ3) is 3.25. The lowest BCUT2D eigenvalue weighted by Gasteiger charge is -2.35. The summed E-state index contributed by atoms with van der Waals surface area (Å²) in [6, 6.07) is 2.57. The maximum Gasteiger partial charge on any atom is 0.243 e. The fraction of sp³-hybridized carbons (Fsp3) is 0.867. The van der Waals surface area contributed by atoms with Crippen molar-refractivity contribution >= 4 is 5.91 Å². The zero-order valence-electron chi connectivity index (χ0n) is 12.2. The highest BCUT2D eigenvalue weighted by Crippen LogP contribution is 2.30. The van der Waals surface area contributed by atoms with E-state index in [1.165, 1.54) is 12.8 Å². The van der Waals surface area contributed by atoms with E-state index in [1.807, 2.05) is 11.8 Å². The quantitative estimate of drug-likeness (QED) is 0.751. The minimum absolute atomic E-state index is 0.0353. The minimum Gasteiger partial charge on any atom is -0.338 e. The summed E-state index contributed by atoms with van der Waals surface area (Å²) in [4.78, 5) is 14.6. The van der Waals surface area contributed by atoms with Crippen LogP contribution in [0.1, 0.15) is 59.8 Å². The monoisotopic (exact) mass is 250 g/mol. The Morgan fingerprint density at radius 2 is 2.00 bits per heavy atom. The minimum atomic E-state index is -0.850. The number of amides is 1. The van der Waals surface area contributed by atoms with Crippen LogP contribution in [0.15, 0.2) is 0 Å². The van der Waals surface area contributed by atoms with Gasteiger partial charge in [0.05, 0.1) is 6.07 Å². The van der Waals surface area contributed by atoms with Crippen LogP contribution in [0.5, 0.6) is 0 Å². The predicted octanol–water partition coefficient (Wildman–Crippen LogP) is 3.35. The fourth-order valence-electron chi connectivity index (χ4n) is 2.60. The van der Waals surface area contributed by atoms with Crippen LogP contribution in [0.25, 0.3) is 0 Å². The number of nitrogens with zero attached hydrogens (tertiary/aromatic N) is 2. The molecule has 0 saturated heterocycles. The molecule has 1 amide bonds. The van der Waals surface area contributed by atoms with Gasteiger partial charge in [-0.1, -0.05) is 33.6 Å². The van der Waals surface area contributed by atoms with Gasteiger partial charge in [0.25, 0.3) is 0 Å². The van der Waals surface area contributed by atoms with Crippen LogP contribution in [0.3, 0.4) is 0 Å². The van der Waals surface area contributed by atoms with E-state index in [9.17, 15) is 10.1 Å². The van der Waals surface area contributed by atoms with Crippen LogP contribution in [-0.4, -0.2) is 23.4 Å². The van der Waals surface area contributed by atoms with Gasteiger partial charge in [0.2, 0.25) is 5.91 Å². The first-order valence-electron chi connectivity index (χ1n) is 7.17. The van der Waals surface area contributed by atoms with E-state index in [2.05, 4.69) is 19.9 Å². The maximum absolute atomic E-state index is 12.7. The highest BCUT2D eigenvalue weighted by Gasteiger charge is 2.38. The molecule has 1 unspecified atom stereocenters. The Balaban J connectivity index is 2.88. The maximum atomic E-state index is 12.7. The van der Waals surface area contributed by atoms with Crippen molar-refractivity contribution in [3.05, 3.63) is 0 Å². The van der Waals surface area contributed by atoms with Crippen molar-refractivity contribution in [2.75, 3.05) is 6.54 Å². The second-order valence-corrected chi connectivity index (χ2v) is 6.09. The summed E-state index contributed by atoms with van der Waals surface area (Å²) in [5, 5.41) is 9.28. The Morgan fingerprint density at radius 1 is 1.44 bits per heavy atom. The first kappa shape index (κ1) is 15.0. The molecule has 0 bridgehead atoms. The van der Waals surface area contributed by atoms with Crippen LogP contribution in [0.2, 0.25) is 0 Å². The normalized spacial score (nSPS) is 19.6.